The summed E-state index contributed by atoms with van der Waals surface area (Å²) in [5.41, 5.74) is 1.19. The van der Waals surface area contributed by atoms with E-state index in [1.54, 1.807) is 36.9 Å². The first-order chi connectivity index (χ1) is 10.9. The van der Waals surface area contributed by atoms with Crippen LogP contribution in [0.4, 0.5) is 0 Å². The number of ether oxygens (including phenoxy) is 1. The topological polar surface area (TPSA) is 77.0 Å². The molecule has 0 aliphatic carbocycles. The lowest BCUT2D eigenvalue weighted by molar-refractivity contribution is 0.0309. The molecule has 1 N–H and O–H groups in total. The summed E-state index contributed by atoms with van der Waals surface area (Å²) in [5.74, 6) is -0.0994. The van der Waals surface area contributed by atoms with Crippen molar-refractivity contribution in [3.63, 3.8) is 0 Å². The first-order valence-electron chi connectivity index (χ1n) is 7.20. The third-order valence-electron chi connectivity index (χ3n) is 3.88. The summed E-state index contributed by atoms with van der Waals surface area (Å²) in [4.78, 5) is 33.3. The van der Waals surface area contributed by atoms with Crippen LogP contribution in [0.15, 0.2) is 23.1 Å². The molecular weight excluding hydrogens is 314 g/mol. The van der Waals surface area contributed by atoms with Gasteiger partial charge in [-0.1, -0.05) is 0 Å². The average molecular weight is 331 g/mol. The molecule has 0 fully saturated rings. The highest BCUT2D eigenvalue weighted by Gasteiger charge is 2.20. The Morgan fingerprint density at radius 3 is 2.83 bits per heavy atom. The molecule has 0 spiro atoms. The number of nitrogens with one attached hydrogen (secondary N) is 1. The fraction of sp³-hybridized carbons (Fsp3) is 0.312. The Morgan fingerprint density at radius 2 is 2.17 bits per heavy atom. The number of rotatable bonds is 3. The Kier molecular flexibility index (Phi) is 3.81. The summed E-state index contributed by atoms with van der Waals surface area (Å²) in [6.45, 7) is 5.56. The number of aromatic amines is 1. The zero-order chi connectivity index (χ0) is 16.7. The molecule has 0 amide bonds. The lowest BCUT2D eigenvalue weighted by Crippen LogP contribution is -2.18. The number of carbonyl (C=O) groups is 1. The normalized spacial score (nSPS) is 12.5. The van der Waals surface area contributed by atoms with Crippen LogP contribution in [0.1, 0.15) is 39.8 Å². The van der Waals surface area contributed by atoms with Gasteiger partial charge in [0.25, 0.3) is 5.56 Å². The number of H-pyrrole nitrogens is 1. The van der Waals surface area contributed by atoms with Crippen LogP contribution in [0.2, 0.25) is 0 Å². The number of aryl methyl sites for hydroxylation is 3. The zero-order valence-electron chi connectivity index (χ0n) is 13.3. The minimum absolute atomic E-state index is 0.200. The monoisotopic (exact) mass is 331 g/mol. The second-order valence-corrected chi connectivity index (χ2v) is 6.67. The van der Waals surface area contributed by atoms with Gasteiger partial charge in [-0.05, 0) is 38.5 Å². The highest BCUT2D eigenvalue weighted by molar-refractivity contribution is 7.18. The van der Waals surface area contributed by atoms with Gasteiger partial charge in [0.2, 0.25) is 0 Å². The summed E-state index contributed by atoms with van der Waals surface area (Å²) >= 11 is 1.47. The summed E-state index contributed by atoms with van der Waals surface area (Å²) < 4.78 is 7.10. The first kappa shape index (κ1) is 15.5. The van der Waals surface area contributed by atoms with Crippen LogP contribution in [0.3, 0.4) is 0 Å². The second-order valence-electron chi connectivity index (χ2n) is 5.47. The smallest absolute Gasteiger partial charge is 0.355 e. The Balaban J connectivity index is 1.92. The predicted molar refractivity (Wildman–Crippen MR) is 89.0 cm³/mol. The molecule has 3 aromatic rings. The number of carbonyl (C=O) groups excluding carboxylic acids is 1. The highest BCUT2D eigenvalue weighted by atomic mass is 32.1. The van der Waals surface area contributed by atoms with Crippen molar-refractivity contribution in [2.45, 2.75) is 26.9 Å². The van der Waals surface area contributed by atoms with Crippen LogP contribution in [0.25, 0.3) is 10.2 Å². The SMILES string of the molecule is Cc1sc2nc([C@H](C)OC(=O)c3cccn3C)[nH]c(=O)c2c1C. The Morgan fingerprint density at radius 1 is 1.43 bits per heavy atom. The number of thiophene rings is 1. The number of aromatic nitrogens is 3. The molecule has 3 rings (SSSR count). The van der Waals surface area contributed by atoms with Gasteiger partial charge in [-0.25, -0.2) is 9.78 Å². The minimum atomic E-state index is -0.641. The Bertz CT molecular complexity index is 951. The molecule has 0 aliphatic heterocycles. The van der Waals surface area contributed by atoms with Crippen molar-refractivity contribution < 1.29 is 9.53 Å². The van der Waals surface area contributed by atoms with E-state index in [0.29, 0.717) is 21.7 Å². The van der Waals surface area contributed by atoms with E-state index in [1.165, 1.54) is 11.3 Å². The van der Waals surface area contributed by atoms with Gasteiger partial charge in [0, 0.05) is 18.1 Å². The van der Waals surface area contributed by atoms with E-state index in [1.807, 2.05) is 13.8 Å². The van der Waals surface area contributed by atoms with Gasteiger partial charge >= 0.3 is 5.97 Å². The Labute approximate surface area is 136 Å². The molecule has 0 saturated heterocycles. The predicted octanol–water partition coefficient (Wildman–Crippen LogP) is 2.86. The summed E-state index contributed by atoms with van der Waals surface area (Å²) in [6.07, 6.45) is 1.13. The number of esters is 1. The molecule has 7 heteroatoms. The van der Waals surface area contributed by atoms with Crippen LogP contribution in [-0.2, 0) is 11.8 Å². The van der Waals surface area contributed by atoms with Crippen LogP contribution < -0.4 is 5.56 Å². The van der Waals surface area contributed by atoms with E-state index in [4.69, 9.17) is 4.74 Å². The summed E-state index contributed by atoms with van der Waals surface area (Å²) in [5, 5.41) is 0.609. The van der Waals surface area contributed by atoms with Crippen LogP contribution >= 0.6 is 11.3 Å². The molecule has 120 valence electrons. The quantitative estimate of drug-likeness (QED) is 0.749. The molecule has 23 heavy (non-hydrogen) atoms. The zero-order valence-corrected chi connectivity index (χ0v) is 14.2. The molecule has 1 atom stereocenters. The van der Waals surface area contributed by atoms with Crippen molar-refractivity contribution >= 4 is 27.5 Å². The van der Waals surface area contributed by atoms with Crippen molar-refractivity contribution in [1.82, 2.24) is 14.5 Å². The molecular formula is C16H17N3O3S. The molecule has 3 heterocycles. The van der Waals surface area contributed by atoms with Gasteiger partial charge in [-0.2, -0.15) is 0 Å². The van der Waals surface area contributed by atoms with Crippen LogP contribution in [-0.4, -0.2) is 20.5 Å². The molecule has 0 unspecified atom stereocenters. The molecule has 3 aromatic heterocycles. The fourth-order valence-electron chi connectivity index (χ4n) is 2.41. The standard InChI is InChI=1S/C16H17N3O3S/c1-8-10(3)23-15-12(8)14(20)17-13(18-15)9(2)22-16(21)11-6-5-7-19(11)4/h5-7,9H,1-4H3,(H,17,18,20)/t9-/m0/s1. The fourth-order valence-corrected chi connectivity index (χ4v) is 3.45. The minimum Gasteiger partial charge on any atom is -0.450 e. The third-order valence-corrected chi connectivity index (χ3v) is 4.98. The third kappa shape index (κ3) is 2.68. The van der Waals surface area contributed by atoms with Crippen molar-refractivity contribution in [1.29, 1.82) is 0 Å². The van der Waals surface area contributed by atoms with Crippen LogP contribution in [0.5, 0.6) is 0 Å². The molecule has 0 aromatic carbocycles. The average Bonchev–Trinajstić information content (AvgIpc) is 3.03. The maximum atomic E-state index is 12.3. The summed E-state index contributed by atoms with van der Waals surface area (Å²) in [7, 11) is 1.77. The van der Waals surface area contributed by atoms with E-state index < -0.39 is 12.1 Å². The van der Waals surface area contributed by atoms with Gasteiger partial charge < -0.3 is 14.3 Å². The van der Waals surface area contributed by atoms with Gasteiger partial charge in [-0.3, -0.25) is 4.79 Å². The molecule has 0 aliphatic rings. The van der Waals surface area contributed by atoms with Gasteiger partial charge in [0.1, 0.15) is 10.5 Å². The lowest BCUT2D eigenvalue weighted by Gasteiger charge is -2.12. The van der Waals surface area contributed by atoms with Gasteiger partial charge in [0.15, 0.2) is 11.9 Å². The molecule has 0 saturated carbocycles. The lowest BCUT2D eigenvalue weighted by atomic mass is 10.2. The van der Waals surface area contributed by atoms with E-state index in [2.05, 4.69) is 9.97 Å². The highest BCUT2D eigenvalue weighted by Crippen LogP contribution is 2.27. The largest absolute Gasteiger partial charge is 0.450 e. The molecule has 6 nitrogen and oxygen atoms in total. The maximum Gasteiger partial charge on any atom is 0.355 e. The van der Waals surface area contributed by atoms with E-state index in [9.17, 15) is 9.59 Å². The van der Waals surface area contributed by atoms with Crippen molar-refractivity contribution in [2.24, 2.45) is 7.05 Å². The number of nitrogens with zero attached hydrogens (tertiary/aromatic N) is 2. The van der Waals surface area contributed by atoms with E-state index in [0.717, 1.165) is 10.4 Å². The van der Waals surface area contributed by atoms with Gasteiger partial charge in [0.05, 0.1) is 5.39 Å². The first-order valence-corrected chi connectivity index (χ1v) is 8.02. The molecule has 0 radical (unpaired) electrons. The molecule has 0 bridgehead atoms. The van der Waals surface area contributed by atoms with Crippen molar-refractivity contribution in [3.05, 3.63) is 50.6 Å². The summed E-state index contributed by atoms with van der Waals surface area (Å²) in [6, 6.07) is 3.45. The van der Waals surface area contributed by atoms with E-state index in [-0.39, 0.29) is 5.56 Å². The number of fused-ring (bicyclic) bond motifs is 1. The Hall–Kier alpha value is -2.41. The van der Waals surface area contributed by atoms with Gasteiger partial charge in [-0.15, -0.1) is 11.3 Å². The number of hydrogen-bond acceptors (Lipinski definition) is 5. The van der Waals surface area contributed by atoms with Crippen molar-refractivity contribution in [3.8, 4) is 0 Å². The van der Waals surface area contributed by atoms with Crippen molar-refractivity contribution in [2.75, 3.05) is 0 Å². The van der Waals surface area contributed by atoms with E-state index >= 15 is 0 Å². The van der Waals surface area contributed by atoms with Crippen LogP contribution in [0, 0.1) is 13.8 Å². The maximum absolute atomic E-state index is 12.3. The second kappa shape index (κ2) is 5.66. The number of hydrogen-bond donors (Lipinski definition) is 1.